The molecule has 0 aliphatic heterocycles. The zero-order chi connectivity index (χ0) is 25.5. The third-order valence-electron chi connectivity index (χ3n) is 5.21. The lowest BCUT2D eigenvalue weighted by Crippen LogP contribution is -2.41. The molecular formula is C27H26N4O5. The molecule has 0 saturated carbocycles. The number of hydrogen-bond acceptors (Lipinski definition) is 7. The number of rotatable bonds is 6. The second kappa shape index (κ2) is 11.2. The van der Waals surface area contributed by atoms with Gasteiger partial charge in [0.2, 0.25) is 0 Å². The Morgan fingerprint density at radius 3 is 2.08 bits per heavy atom. The van der Waals surface area contributed by atoms with Gasteiger partial charge in [0.1, 0.15) is 11.5 Å². The molecule has 36 heavy (non-hydrogen) atoms. The zero-order valence-electron chi connectivity index (χ0n) is 19.9. The molecule has 0 bridgehead atoms. The lowest BCUT2D eigenvalue weighted by molar-refractivity contribution is -0.0924. The number of benzene rings is 3. The number of aromatic nitrogens is 2. The molecule has 0 aliphatic carbocycles. The van der Waals surface area contributed by atoms with E-state index >= 15 is 0 Å². The third-order valence-corrected chi connectivity index (χ3v) is 5.21. The van der Waals surface area contributed by atoms with Crippen molar-refractivity contribution in [2.75, 3.05) is 6.54 Å². The minimum Gasteiger partial charge on any atom is -0.408 e. The number of carbonyl (C=O) groups excluding carboxylic acids is 2. The standard InChI is InChI=1S/C27H26N4O5/c1-19-13-15-21(16-14-19)31-20(2)17-25(29-31)24(28)18-30(26(32)34-22-9-5-3-6-10-22)36-27(33)35-23-11-7-4-8-12-23/h3-17,24H,18,28H2,1-2H3. The van der Waals surface area contributed by atoms with Crippen LogP contribution in [0.25, 0.3) is 5.69 Å². The predicted molar refractivity (Wildman–Crippen MR) is 133 cm³/mol. The SMILES string of the molecule is Cc1ccc(-n2nc(C(N)CN(OC(=O)Oc3ccccc3)C(=O)Oc3ccccc3)cc2C)cc1. The molecule has 4 rings (SSSR count). The molecule has 3 aromatic carbocycles. The second-order valence-electron chi connectivity index (χ2n) is 8.06. The van der Waals surface area contributed by atoms with E-state index in [1.54, 1.807) is 65.3 Å². The normalized spacial score (nSPS) is 11.4. The topological polar surface area (TPSA) is 109 Å². The molecule has 1 heterocycles. The van der Waals surface area contributed by atoms with Crippen molar-refractivity contribution >= 4 is 12.2 Å². The number of hydroxylamine groups is 2. The summed E-state index contributed by atoms with van der Waals surface area (Å²) in [6, 6.07) is 25.7. The Morgan fingerprint density at radius 1 is 0.889 bits per heavy atom. The molecule has 184 valence electrons. The van der Waals surface area contributed by atoms with Gasteiger partial charge >= 0.3 is 12.2 Å². The largest absolute Gasteiger partial charge is 0.539 e. The van der Waals surface area contributed by atoms with Gasteiger partial charge < -0.3 is 15.2 Å². The van der Waals surface area contributed by atoms with Crippen LogP contribution in [0.2, 0.25) is 0 Å². The summed E-state index contributed by atoms with van der Waals surface area (Å²) in [4.78, 5) is 30.5. The Hall–Kier alpha value is -4.63. The van der Waals surface area contributed by atoms with Crippen LogP contribution in [0.1, 0.15) is 23.0 Å². The van der Waals surface area contributed by atoms with E-state index in [4.69, 9.17) is 20.0 Å². The van der Waals surface area contributed by atoms with E-state index in [1.807, 2.05) is 44.2 Å². The summed E-state index contributed by atoms with van der Waals surface area (Å²) in [7, 11) is 0. The number of carbonyl (C=O) groups is 2. The van der Waals surface area contributed by atoms with Crippen LogP contribution in [0.15, 0.2) is 91.0 Å². The molecule has 0 saturated heterocycles. The maximum atomic E-state index is 12.9. The van der Waals surface area contributed by atoms with Crippen molar-refractivity contribution in [2.24, 2.45) is 5.73 Å². The van der Waals surface area contributed by atoms with Crippen molar-refractivity contribution in [3.63, 3.8) is 0 Å². The molecule has 1 aromatic heterocycles. The molecule has 0 fully saturated rings. The van der Waals surface area contributed by atoms with Gasteiger partial charge in [0.05, 0.1) is 24.0 Å². The van der Waals surface area contributed by atoms with E-state index in [9.17, 15) is 9.59 Å². The molecule has 0 aliphatic rings. The van der Waals surface area contributed by atoms with Gasteiger partial charge in [-0.15, -0.1) is 5.06 Å². The van der Waals surface area contributed by atoms with E-state index in [0.29, 0.717) is 5.69 Å². The van der Waals surface area contributed by atoms with Crippen molar-refractivity contribution in [1.82, 2.24) is 14.8 Å². The quantitative estimate of drug-likeness (QED) is 0.229. The highest BCUT2D eigenvalue weighted by molar-refractivity contribution is 5.72. The van der Waals surface area contributed by atoms with Crippen molar-refractivity contribution < 1.29 is 23.9 Å². The van der Waals surface area contributed by atoms with Crippen LogP contribution < -0.4 is 15.2 Å². The van der Waals surface area contributed by atoms with Crippen molar-refractivity contribution in [3.05, 3.63) is 108 Å². The van der Waals surface area contributed by atoms with Crippen LogP contribution in [0, 0.1) is 13.8 Å². The number of para-hydroxylation sites is 2. The summed E-state index contributed by atoms with van der Waals surface area (Å²) in [5.74, 6) is 0.538. The Bertz CT molecular complexity index is 1310. The minimum absolute atomic E-state index is 0.222. The van der Waals surface area contributed by atoms with Crippen molar-refractivity contribution in [1.29, 1.82) is 0 Å². The maximum absolute atomic E-state index is 12.9. The number of hydrogen-bond donors (Lipinski definition) is 1. The molecule has 2 N–H and O–H groups in total. The average Bonchev–Trinajstić information content (AvgIpc) is 3.27. The molecule has 0 spiro atoms. The fraction of sp³-hybridized carbons (Fsp3) is 0.148. The number of ether oxygens (including phenoxy) is 2. The fourth-order valence-corrected chi connectivity index (χ4v) is 3.38. The summed E-state index contributed by atoms with van der Waals surface area (Å²) < 4.78 is 12.3. The van der Waals surface area contributed by atoms with E-state index in [2.05, 4.69) is 5.10 Å². The second-order valence-corrected chi connectivity index (χ2v) is 8.06. The van der Waals surface area contributed by atoms with Crippen LogP contribution in [-0.4, -0.2) is 33.6 Å². The molecule has 0 radical (unpaired) electrons. The smallest absolute Gasteiger partial charge is 0.408 e. The van der Waals surface area contributed by atoms with Crippen LogP contribution in [0.4, 0.5) is 9.59 Å². The van der Waals surface area contributed by atoms with E-state index < -0.39 is 18.3 Å². The summed E-state index contributed by atoms with van der Waals surface area (Å²) >= 11 is 0. The highest BCUT2D eigenvalue weighted by Gasteiger charge is 2.27. The third kappa shape index (κ3) is 6.28. The molecule has 1 amide bonds. The summed E-state index contributed by atoms with van der Waals surface area (Å²) in [5.41, 5.74) is 9.75. The van der Waals surface area contributed by atoms with Gasteiger partial charge in [0.15, 0.2) is 0 Å². The number of nitrogens with two attached hydrogens (primary N) is 1. The summed E-state index contributed by atoms with van der Waals surface area (Å²) in [6.45, 7) is 3.69. The number of aryl methyl sites for hydroxylation is 2. The van der Waals surface area contributed by atoms with Crippen molar-refractivity contribution in [2.45, 2.75) is 19.9 Å². The molecule has 1 atom stereocenters. The first kappa shape index (κ1) is 24.5. The van der Waals surface area contributed by atoms with E-state index in [0.717, 1.165) is 22.0 Å². The number of amides is 1. The van der Waals surface area contributed by atoms with Gasteiger partial charge in [-0.25, -0.2) is 14.3 Å². The molecule has 9 nitrogen and oxygen atoms in total. The molecule has 4 aromatic rings. The van der Waals surface area contributed by atoms with Gasteiger partial charge in [-0.05, 0) is 56.3 Å². The summed E-state index contributed by atoms with van der Waals surface area (Å²) in [5, 5.41) is 5.32. The Morgan fingerprint density at radius 2 is 1.47 bits per heavy atom. The van der Waals surface area contributed by atoms with Crippen LogP contribution in [0.3, 0.4) is 0 Å². The van der Waals surface area contributed by atoms with E-state index in [1.165, 1.54) is 0 Å². The van der Waals surface area contributed by atoms with Gasteiger partial charge in [0.25, 0.3) is 0 Å². The first-order valence-corrected chi connectivity index (χ1v) is 11.3. The summed E-state index contributed by atoms with van der Waals surface area (Å²) in [6.07, 6.45) is -2.05. The van der Waals surface area contributed by atoms with Crippen molar-refractivity contribution in [3.8, 4) is 17.2 Å². The van der Waals surface area contributed by atoms with Gasteiger partial charge in [-0.3, -0.25) is 4.84 Å². The minimum atomic E-state index is -1.11. The predicted octanol–water partition coefficient (Wildman–Crippen LogP) is 5.12. The molecular weight excluding hydrogens is 460 g/mol. The van der Waals surface area contributed by atoms with Crippen LogP contribution in [-0.2, 0) is 4.84 Å². The first-order chi connectivity index (χ1) is 17.4. The molecule has 9 heteroatoms. The maximum Gasteiger partial charge on any atom is 0.539 e. The van der Waals surface area contributed by atoms with Crippen LogP contribution in [0.5, 0.6) is 11.5 Å². The molecule has 1 unspecified atom stereocenters. The van der Waals surface area contributed by atoms with Crippen LogP contribution >= 0.6 is 0 Å². The zero-order valence-corrected chi connectivity index (χ0v) is 19.9. The van der Waals surface area contributed by atoms with E-state index in [-0.39, 0.29) is 18.0 Å². The Labute approximate surface area is 208 Å². The van der Waals surface area contributed by atoms with Gasteiger partial charge in [0, 0.05) is 5.69 Å². The van der Waals surface area contributed by atoms with Gasteiger partial charge in [-0.1, -0.05) is 54.1 Å². The number of nitrogens with zero attached hydrogens (tertiary/aromatic N) is 3. The monoisotopic (exact) mass is 486 g/mol. The lowest BCUT2D eigenvalue weighted by atomic mass is 10.2. The average molecular weight is 487 g/mol. The Kier molecular flexibility index (Phi) is 7.62. The Balaban J connectivity index is 1.51. The highest BCUT2D eigenvalue weighted by Crippen LogP contribution is 2.19. The fourth-order valence-electron chi connectivity index (χ4n) is 3.38. The van der Waals surface area contributed by atoms with Gasteiger partial charge in [-0.2, -0.15) is 5.10 Å². The first-order valence-electron chi connectivity index (χ1n) is 11.3. The highest BCUT2D eigenvalue weighted by atomic mass is 16.8. The lowest BCUT2D eigenvalue weighted by Gasteiger charge is -2.22.